The number of likely N-dealkylation sites (tertiary alicyclic amines) is 1. The van der Waals surface area contributed by atoms with E-state index in [9.17, 15) is 5.11 Å². The van der Waals surface area contributed by atoms with E-state index in [0.717, 1.165) is 32.5 Å². The fourth-order valence-electron chi connectivity index (χ4n) is 3.36. The molecule has 1 aromatic carbocycles. The number of aliphatic hydroxyl groups is 1. The third-order valence-corrected chi connectivity index (χ3v) is 5.05. The highest BCUT2D eigenvalue weighted by Crippen LogP contribution is 2.27. The summed E-state index contributed by atoms with van der Waals surface area (Å²) in [7, 11) is 2.24. The smallest absolute Gasteiger partial charge is 0.101 e. The first-order valence-corrected chi connectivity index (χ1v) is 7.91. The Bertz CT molecular complexity index is 409. The predicted octanol–water partition coefficient (Wildman–Crippen LogP) is -0.186. The number of hydrogen-bond donors (Lipinski definition) is 3. The number of nitrogens with two attached hydrogens (primary N) is 1. The maximum Gasteiger partial charge on any atom is 0.101 e. The van der Waals surface area contributed by atoms with Gasteiger partial charge in [0.15, 0.2) is 0 Å². The summed E-state index contributed by atoms with van der Waals surface area (Å²) >= 11 is 0. The maximum atomic E-state index is 10.9. The van der Waals surface area contributed by atoms with Crippen LogP contribution in [-0.4, -0.2) is 36.9 Å². The van der Waals surface area contributed by atoms with Crippen molar-refractivity contribution in [2.24, 2.45) is 5.92 Å². The molecule has 1 unspecified atom stereocenters. The largest absolute Gasteiger partial charge is 0.389 e. The predicted molar refractivity (Wildman–Crippen MR) is 81.5 cm³/mol. The normalized spacial score (nSPS) is 34.1. The molecule has 4 atom stereocenters. The van der Waals surface area contributed by atoms with Gasteiger partial charge in [0.05, 0.1) is 31.8 Å². The molecule has 3 heteroatoms. The molecule has 1 saturated heterocycles. The Morgan fingerprint density at radius 3 is 2.70 bits per heavy atom. The van der Waals surface area contributed by atoms with Crippen LogP contribution in [0.4, 0.5) is 0 Å². The van der Waals surface area contributed by atoms with E-state index in [1.807, 2.05) is 0 Å². The van der Waals surface area contributed by atoms with E-state index < -0.39 is 5.60 Å². The molecule has 0 spiro atoms. The van der Waals surface area contributed by atoms with Crippen molar-refractivity contribution in [3.63, 3.8) is 0 Å². The van der Waals surface area contributed by atoms with E-state index in [-0.39, 0.29) is 0 Å². The van der Waals surface area contributed by atoms with Crippen molar-refractivity contribution in [1.29, 1.82) is 0 Å². The molecular formula is C17H30N2O+2. The van der Waals surface area contributed by atoms with Crippen LogP contribution < -0.4 is 10.2 Å². The lowest BCUT2D eigenvalue weighted by atomic mass is 9.77. The molecule has 0 radical (unpaired) electrons. The fraction of sp³-hybridized carbons (Fsp3) is 0.647. The van der Waals surface area contributed by atoms with Crippen molar-refractivity contribution < 1.29 is 15.3 Å². The van der Waals surface area contributed by atoms with Gasteiger partial charge in [0, 0.05) is 24.3 Å². The van der Waals surface area contributed by atoms with Gasteiger partial charge < -0.3 is 15.3 Å². The van der Waals surface area contributed by atoms with Gasteiger partial charge in [-0.2, -0.15) is 0 Å². The molecule has 2 rings (SSSR count). The lowest BCUT2D eigenvalue weighted by Crippen LogP contribution is -3.15. The van der Waals surface area contributed by atoms with E-state index in [0.29, 0.717) is 12.0 Å². The molecule has 1 fully saturated rings. The van der Waals surface area contributed by atoms with Crippen LogP contribution in [0, 0.1) is 5.92 Å². The van der Waals surface area contributed by atoms with Crippen molar-refractivity contribution in [2.75, 3.05) is 20.1 Å². The third-order valence-electron chi connectivity index (χ3n) is 5.05. The van der Waals surface area contributed by atoms with Crippen LogP contribution in [0.1, 0.15) is 32.3 Å². The second-order valence-corrected chi connectivity index (χ2v) is 6.68. The molecule has 0 aliphatic carbocycles. The lowest BCUT2D eigenvalue weighted by molar-refractivity contribution is -0.916. The topological polar surface area (TPSA) is 41.3 Å². The van der Waals surface area contributed by atoms with Gasteiger partial charge in [0.25, 0.3) is 0 Å². The molecule has 0 aromatic heterocycles. The molecule has 3 nitrogen and oxygen atoms in total. The molecule has 20 heavy (non-hydrogen) atoms. The van der Waals surface area contributed by atoms with E-state index in [4.69, 9.17) is 0 Å². The zero-order valence-electron chi connectivity index (χ0n) is 13.1. The minimum atomic E-state index is -0.466. The molecule has 1 aromatic rings. The third kappa shape index (κ3) is 3.81. The van der Waals surface area contributed by atoms with E-state index in [1.165, 1.54) is 5.56 Å². The highest BCUT2D eigenvalue weighted by Gasteiger charge is 2.43. The Balaban J connectivity index is 1.78. The Morgan fingerprint density at radius 2 is 2.00 bits per heavy atom. The minimum absolute atomic E-state index is 0.392. The second kappa shape index (κ2) is 6.70. The summed E-state index contributed by atoms with van der Waals surface area (Å²) in [5.41, 5.74) is 0.889. The molecule has 0 saturated carbocycles. The highest BCUT2D eigenvalue weighted by molar-refractivity contribution is 5.12. The Kier molecular flexibility index (Phi) is 5.19. The van der Waals surface area contributed by atoms with Gasteiger partial charge in [-0.15, -0.1) is 0 Å². The minimum Gasteiger partial charge on any atom is -0.389 e. The first kappa shape index (κ1) is 15.5. The summed E-state index contributed by atoms with van der Waals surface area (Å²) in [4.78, 5) is 1.55. The van der Waals surface area contributed by atoms with Crippen LogP contribution in [0.5, 0.6) is 0 Å². The monoisotopic (exact) mass is 278 g/mol. The average molecular weight is 278 g/mol. The zero-order chi connectivity index (χ0) is 14.6. The number of rotatable bonds is 5. The van der Waals surface area contributed by atoms with Gasteiger partial charge in [0.1, 0.15) is 6.54 Å². The Morgan fingerprint density at radius 1 is 1.30 bits per heavy atom. The van der Waals surface area contributed by atoms with Gasteiger partial charge in [-0.05, 0) is 6.92 Å². The standard InChI is InChI=1S/C17H28N2O/c1-14-13-19(3)15(2)11-17(14,20)9-10-18-12-16-7-5-4-6-8-16/h4-8,14-15,18,20H,9-13H2,1-3H3/p+2/t14-,15+,17+/m1/s1. The summed E-state index contributed by atoms with van der Waals surface area (Å²) in [6, 6.07) is 11.1. The quantitative estimate of drug-likeness (QED) is 0.642. The number of piperidine rings is 1. The fourth-order valence-corrected chi connectivity index (χ4v) is 3.36. The zero-order valence-corrected chi connectivity index (χ0v) is 13.1. The van der Waals surface area contributed by atoms with Crippen LogP contribution >= 0.6 is 0 Å². The summed E-state index contributed by atoms with van der Waals surface area (Å²) in [6.07, 6.45) is 1.83. The van der Waals surface area contributed by atoms with E-state index >= 15 is 0 Å². The first-order chi connectivity index (χ1) is 9.51. The van der Waals surface area contributed by atoms with Crippen molar-refractivity contribution >= 4 is 0 Å². The number of quaternary nitrogens is 2. The van der Waals surface area contributed by atoms with E-state index in [1.54, 1.807) is 4.90 Å². The molecule has 0 bridgehead atoms. The van der Waals surface area contributed by atoms with Crippen LogP contribution in [0.15, 0.2) is 30.3 Å². The van der Waals surface area contributed by atoms with Crippen LogP contribution in [-0.2, 0) is 6.54 Å². The van der Waals surface area contributed by atoms with Crippen molar-refractivity contribution in [1.82, 2.24) is 0 Å². The Labute approximate surface area is 123 Å². The molecule has 0 amide bonds. The van der Waals surface area contributed by atoms with Gasteiger partial charge in [-0.25, -0.2) is 0 Å². The van der Waals surface area contributed by atoms with Crippen molar-refractivity contribution in [3.05, 3.63) is 35.9 Å². The molecule has 1 heterocycles. The summed E-state index contributed by atoms with van der Waals surface area (Å²) in [6.45, 7) is 7.54. The molecular weight excluding hydrogens is 248 g/mol. The van der Waals surface area contributed by atoms with Gasteiger partial charge >= 0.3 is 0 Å². The van der Waals surface area contributed by atoms with Gasteiger partial charge in [0.2, 0.25) is 0 Å². The van der Waals surface area contributed by atoms with Gasteiger partial charge in [-0.1, -0.05) is 37.3 Å². The van der Waals surface area contributed by atoms with E-state index in [2.05, 4.69) is 56.5 Å². The molecule has 1 aliphatic rings. The maximum absolute atomic E-state index is 10.9. The van der Waals surface area contributed by atoms with Crippen LogP contribution in [0.3, 0.4) is 0 Å². The van der Waals surface area contributed by atoms with Gasteiger partial charge in [-0.3, -0.25) is 0 Å². The summed E-state index contributed by atoms with van der Waals surface area (Å²) in [5, 5.41) is 13.2. The lowest BCUT2D eigenvalue weighted by Gasteiger charge is -2.43. The van der Waals surface area contributed by atoms with Crippen LogP contribution in [0.2, 0.25) is 0 Å². The SMILES string of the molecule is C[C@@H]1C[NH+](C)[C@@H](C)C[C@@]1(O)CC[NH2+]Cc1ccccc1. The van der Waals surface area contributed by atoms with Crippen molar-refractivity contribution in [3.8, 4) is 0 Å². The highest BCUT2D eigenvalue weighted by atomic mass is 16.3. The molecule has 112 valence electrons. The van der Waals surface area contributed by atoms with Crippen LogP contribution in [0.25, 0.3) is 0 Å². The number of hydrogen-bond acceptors (Lipinski definition) is 1. The first-order valence-electron chi connectivity index (χ1n) is 7.91. The second-order valence-electron chi connectivity index (χ2n) is 6.68. The molecule has 1 aliphatic heterocycles. The molecule has 4 N–H and O–H groups in total. The average Bonchev–Trinajstić information content (AvgIpc) is 2.43. The summed E-state index contributed by atoms with van der Waals surface area (Å²) < 4.78 is 0. The summed E-state index contributed by atoms with van der Waals surface area (Å²) in [5.74, 6) is 0.392. The van der Waals surface area contributed by atoms with Crippen molar-refractivity contribution in [2.45, 2.75) is 44.9 Å². The Hall–Kier alpha value is -0.900. The number of nitrogens with one attached hydrogen (secondary N) is 1. The number of benzene rings is 1.